The third-order valence-corrected chi connectivity index (χ3v) is 4.18. The van der Waals surface area contributed by atoms with Crippen LogP contribution in [0.1, 0.15) is 32.3 Å². The Bertz CT molecular complexity index is 413. The molecule has 1 saturated carbocycles. The lowest BCUT2D eigenvalue weighted by atomic mass is 10.0. The zero-order valence-corrected chi connectivity index (χ0v) is 11.7. The lowest BCUT2D eigenvalue weighted by Gasteiger charge is -2.21. The molecule has 0 heterocycles. The summed E-state index contributed by atoms with van der Waals surface area (Å²) in [5, 5.41) is 3.59. The van der Waals surface area contributed by atoms with Gasteiger partial charge < -0.3 is 14.8 Å². The molecular weight excluding hydrogens is 226 g/mol. The Balaban J connectivity index is 2.00. The molecule has 0 spiro atoms. The Morgan fingerprint density at radius 3 is 2.56 bits per heavy atom. The summed E-state index contributed by atoms with van der Waals surface area (Å²) < 4.78 is 10.6. The molecule has 3 heteroatoms. The molecule has 100 valence electrons. The lowest BCUT2D eigenvalue weighted by molar-refractivity contribution is 0.367. The van der Waals surface area contributed by atoms with Crippen LogP contribution in [0.5, 0.6) is 11.5 Å². The van der Waals surface area contributed by atoms with Crippen LogP contribution in [-0.2, 0) is 6.54 Å². The van der Waals surface area contributed by atoms with Crippen LogP contribution in [0.25, 0.3) is 0 Å². The van der Waals surface area contributed by atoms with Crippen LogP contribution in [0.15, 0.2) is 18.2 Å². The van der Waals surface area contributed by atoms with Gasteiger partial charge in [-0.05, 0) is 31.2 Å². The smallest absolute Gasteiger partial charge is 0.127 e. The van der Waals surface area contributed by atoms with Crippen LogP contribution in [0.3, 0.4) is 0 Å². The van der Waals surface area contributed by atoms with Crippen molar-refractivity contribution in [2.24, 2.45) is 5.41 Å². The normalized spacial score (nSPS) is 18.2. The summed E-state index contributed by atoms with van der Waals surface area (Å²) in [5.74, 6) is 1.72. The number of hydrogen-bond donors (Lipinski definition) is 1. The first-order valence-electron chi connectivity index (χ1n) is 6.53. The second-order valence-corrected chi connectivity index (χ2v) is 5.43. The first-order chi connectivity index (χ1) is 8.59. The molecule has 1 aliphatic carbocycles. The monoisotopic (exact) mass is 249 g/mol. The van der Waals surface area contributed by atoms with E-state index in [1.165, 1.54) is 18.4 Å². The van der Waals surface area contributed by atoms with Gasteiger partial charge in [0.05, 0.1) is 14.2 Å². The van der Waals surface area contributed by atoms with Gasteiger partial charge in [0, 0.05) is 24.2 Å². The van der Waals surface area contributed by atoms with Gasteiger partial charge >= 0.3 is 0 Å². The predicted molar refractivity (Wildman–Crippen MR) is 73.2 cm³/mol. The van der Waals surface area contributed by atoms with Crippen molar-refractivity contribution in [1.29, 1.82) is 0 Å². The summed E-state index contributed by atoms with van der Waals surface area (Å²) in [6.45, 7) is 5.45. The van der Waals surface area contributed by atoms with Crippen LogP contribution in [-0.4, -0.2) is 20.3 Å². The van der Waals surface area contributed by atoms with E-state index >= 15 is 0 Å². The van der Waals surface area contributed by atoms with Gasteiger partial charge in [0.1, 0.15) is 11.5 Å². The van der Waals surface area contributed by atoms with Gasteiger partial charge in [-0.1, -0.05) is 13.0 Å². The minimum absolute atomic E-state index is 0.500. The van der Waals surface area contributed by atoms with Gasteiger partial charge in [-0.25, -0.2) is 0 Å². The highest BCUT2D eigenvalue weighted by Crippen LogP contribution is 2.48. The zero-order valence-electron chi connectivity index (χ0n) is 11.7. The molecule has 1 aliphatic rings. The van der Waals surface area contributed by atoms with Crippen molar-refractivity contribution in [1.82, 2.24) is 5.32 Å². The Kier molecular flexibility index (Phi) is 3.81. The van der Waals surface area contributed by atoms with Gasteiger partial charge in [-0.2, -0.15) is 0 Å². The van der Waals surface area contributed by atoms with Crippen molar-refractivity contribution in [2.45, 2.75) is 39.3 Å². The van der Waals surface area contributed by atoms with E-state index in [0.717, 1.165) is 18.0 Å². The van der Waals surface area contributed by atoms with Gasteiger partial charge in [0.15, 0.2) is 0 Å². The summed E-state index contributed by atoms with van der Waals surface area (Å²) >= 11 is 0. The van der Waals surface area contributed by atoms with Crippen LogP contribution in [0, 0.1) is 5.41 Å². The minimum atomic E-state index is 0.500. The third-order valence-electron chi connectivity index (χ3n) is 4.18. The van der Waals surface area contributed by atoms with E-state index in [9.17, 15) is 0 Å². The topological polar surface area (TPSA) is 30.5 Å². The van der Waals surface area contributed by atoms with Crippen molar-refractivity contribution in [3.05, 3.63) is 23.8 Å². The maximum absolute atomic E-state index is 5.40. The van der Waals surface area contributed by atoms with E-state index in [1.54, 1.807) is 14.2 Å². The molecule has 1 aromatic rings. The van der Waals surface area contributed by atoms with E-state index in [-0.39, 0.29) is 0 Å². The van der Waals surface area contributed by atoms with E-state index in [1.807, 2.05) is 12.1 Å². The molecule has 0 bridgehead atoms. The highest BCUT2D eigenvalue weighted by molar-refractivity contribution is 5.40. The molecule has 0 saturated heterocycles. The summed E-state index contributed by atoms with van der Waals surface area (Å²) in [7, 11) is 3.37. The number of rotatable bonds is 6. The lowest BCUT2D eigenvalue weighted by Crippen LogP contribution is -2.32. The standard InChI is InChI=1S/C15H23NO2/c1-11(15(2)7-8-15)16-10-12-5-6-13(17-3)9-14(12)18-4/h5-6,9,11,16H,7-8,10H2,1-4H3. The predicted octanol–water partition coefficient (Wildman–Crippen LogP) is 2.98. The fourth-order valence-corrected chi connectivity index (χ4v) is 2.14. The molecule has 0 radical (unpaired) electrons. The quantitative estimate of drug-likeness (QED) is 0.840. The molecule has 1 atom stereocenters. The SMILES string of the molecule is COc1ccc(CNC(C)C2(C)CC2)c(OC)c1. The molecule has 0 aromatic heterocycles. The molecule has 1 unspecified atom stereocenters. The van der Waals surface area contributed by atoms with Gasteiger partial charge in [-0.15, -0.1) is 0 Å². The zero-order chi connectivity index (χ0) is 13.2. The summed E-state index contributed by atoms with van der Waals surface area (Å²) in [6.07, 6.45) is 2.67. The first kappa shape index (κ1) is 13.2. The fraction of sp³-hybridized carbons (Fsp3) is 0.600. The Hall–Kier alpha value is -1.22. The minimum Gasteiger partial charge on any atom is -0.497 e. The Morgan fingerprint density at radius 1 is 1.28 bits per heavy atom. The Morgan fingerprint density at radius 2 is 2.00 bits per heavy atom. The molecular formula is C15H23NO2. The first-order valence-corrected chi connectivity index (χ1v) is 6.53. The number of nitrogens with one attached hydrogen (secondary N) is 1. The summed E-state index contributed by atoms with van der Waals surface area (Å²) in [6, 6.07) is 6.51. The molecule has 1 N–H and O–H groups in total. The van der Waals surface area contributed by atoms with Crippen molar-refractivity contribution < 1.29 is 9.47 Å². The second kappa shape index (κ2) is 5.19. The van der Waals surface area contributed by atoms with Gasteiger partial charge in [0.2, 0.25) is 0 Å². The van der Waals surface area contributed by atoms with Crippen LogP contribution < -0.4 is 14.8 Å². The summed E-state index contributed by atoms with van der Waals surface area (Å²) in [4.78, 5) is 0. The number of benzene rings is 1. The average Bonchev–Trinajstić information content (AvgIpc) is 3.15. The maximum Gasteiger partial charge on any atom is 0.127 e. The van der Waals surface area contributed by atoms with Crippen molar-refractivity contribution in [3.8, 4) is 11.5 Å². The van der Waals surface area contributed by atoms with Crippen LogP contribution in [0.2, 0.25) is 0 Å². The number of methoxy groups -OCH3 is 2. The molecule has 1 fully saturated rings. The average molecular weight is 249 g/mol. The van der Waals surface area contributed by atoms with Crippen molar-refractivity contribution >= 4 is 0 Å². The van der Waals surface area contributed by atoms with E-state index in [2.05, 4.69) is 25.2 Å². The molecule has 0 amide bonds. The van der Waals surface area contributed by atoms with Gasteiger partial charge in [0.25, 0.3) is 0 Å². The molecule has 3 nitrogen and oxygen atoms in total. The van der Waals surface area contributed by atoms with Crippen molar-refractivity contribution in [3.63, 3.8) is 0 Å². The summed E-state index contributed by atoms with van der Waals surface area (Å²) in [5.41, 5.74) is 1.68. The van der Waals surface area contributed by atoms with Crippen LogP contribution in [0.4, 0.5) is 0 Å². The molecule has 2 rings (SSSR count). The molecule has 0 aliphatic heterocycles. The highest BCUT2D eigenvalue weighted by Gasteiger charge is 2.42. The molecule has 1 aromatic carbocycles. The number of hydrogen-bond acceptors (Lipinski definition) is 3. The maximum atomic E-state index is 5.40. The Labute approximate surface area is 109 Å². The molecule has 18 heavy (non-hydrogen) atoms. The van der Waals surface area contributed by atoms with E-state index in [0.29, 0.717) is 11.5 Å². The number of ether oxygens (including phenoxy) is 2. The van der Waals surface area contributed by atoms with E-state index in [4.69, 9.17) is 9.47 Å². The third kappa shape index (κ3) is 2.78. The largest absolute Gasteiger partial charge is 0.497 e. The van der Waals surface area contributed by atoms with Crippen LogP contribution >= 0.6 is 0 Å². The fourth-order valence-electron chi connectivity index (χ4n) is 2.14. The van der Waals surface area contributed by atoms with E-state index < -0.39 is 0 Å². The highest BCUT2D eigenvalue weighted by atomic mass is 16.5. The van der Waals surface area contributed by atoms with Crippen molar-refractivity contribution in [2.75, 3.05) is 14.2 Å². The van der Waals surface area contributed by atoms with Gasteiger partial charge in [-0.3, -0.25) is 0 Å². The second-order valence-electron chi connectivity index (χ2n) is 5.43.